The van der Waals surface area contributed by atoms with Gasteiger partial charge in [0.05, 0.1) is 5.56 Å². The summed E-state index contributed by atoms with van der Waals surface area (Å²) in [6.07, 6.45) is 1.35. The van der Waals surface area contributed by atoms with Crippen molar-refractivity contribution in [2.75, 3.05) is 0 Å². The molecule has 0 aromatic heterocycles. The molecular formula is C10H7FO3. The van der Waals surface area contributed by atoms with Crippen molar-refractivity contribution in [3.05, 3.63) is 42.2 Å². The van der Waals surface area contributed by atoms with Gasteiger partial charge in [0.25, 0.3) is 0 Å². The number of hydrogen-bond acceptors (Lipinski definition) is 3. The van der Waals surface area contributed by atoms with Crippen LogP contribution >= 0.6 is 0 Å². The van der Waals surface area contributed by atoms with Gasteiger partial charge in [-0.15, -0.1) is 0 Å². The lowest BCUT2D eigenvalue weighted by Crippen LogP contribution is -2.03. The number of halogens is 1. The number of hydrogen-bond donors (Lipinski definition) is 0. The molecule has 0 atom stereocenters. The molecule has 0 bridgehead atoms. The van der Waals surface area contributed by atoms with Crippen molar-refractivity contribution in [1.82, 2.24) is 0 Å². The second kappa shape index (κ2) is 4.32. The Morgan fingerprint density at radius 3 is 2.71 bits per heavy atom. The van der Waals surface area contributed by atoms with E-state index in [1.807, 2.05) is 0 Å². The molecule has 0 spiro atoms. The lowest BCUT2D eigenvalue weighted by Gasteiger charge is -2.01. The Balaban J connectivity index is 2.91. The zero-order valence-electron chi connectivity index (χ0n) is 7.20. The zero-order valence-corrected chi connectivity index (χ0v) is 7.20. The molecule has 0 saturated heterocycles. The molecule has 4 heteroatoms. The Kier molecular flexibility index (Phi) is 3.12. The van der Waals surface area contributed by atoms with Crippen molar-refractivity contribution in [3.8, 4) is 5.75 Å². The summed E-state index contributed by atoms with van der Waals surface area (Å²) < 4.78 is 17.6. The van der Waals surface area contributed by atoms with Gasteiger partial charge in [0.1, 0.15) is 11.6 Å². The Labute approximate surface area is 79.8 Å². The predicted molar refractivity (Wildman–Crippen MR) is 47.6 cm³/mol. The second-order valence-electron chi connectivity index (χ2n) is 2.43. The monoisotopic (exact) mass is 194 g/mol. The van der Waals surface area contributed by atoms with Crippen LogP contribution in [0.15, 0.2) is 30.9 Å². The largest absolute Gasteiger partial charge is 0.423 e. The third-order valence-electron chi connectivity index (χ3n) is 1.48. The van der Waals surface area contributed by atoms with Crippen molar-refractivity contribution in [2.24, 2.45) is 0 Å². The van der Waals surface area contributed by atoms with Crippen LogP contribution in [-0.2, 0) is 4.79 Å². The first kappa shape index (κ1) is 10.1. The van der Waals surface area contributed by atoms with Crippen LogP contribution in [0.1, 0.15) is 10.4 Å². The fraction of sp³-hybridized carbons (Fsp3) is 0. The van der Waals surface area contributed by atoms with E-state index in [9.17, 15) is 14.0 Å². The summed E-state index contributed by atoms with van der Waals surface area (Å²) in [4.78, 5) is 21.0. The van der Waals surface area contributed by atoms with Crippen LogP contribution in [0.4, 0.5) is 4.39 Å². The van der Waals surface area contributed by atoms with Crippen LogP contribution in [-0.4, -0.2) is 12.3 Å². The van der Waals surface area contributed by atoms with Gasteiger partial charge in [-0.2, -0.15) is 0 Å². The maximum atomic E-state index is 13.0. The number of aldehydes is 1. The highest BCUT2D eigenvalue weighted by molar-refractivity contribution is 5.83. The van der Waals surface area contributed by atoms with Gasteiger partial charge >= 0.3 is 5.97 Å². The zero-order chi connectivity index (χ0) is 10.6. The highest BCUT2D eigenvalue weighted by Crippen LogP contribution is 2.15. The van der Waals surface area contributed by atoms with E-state index in [0.717, 1.165) is 12.1 Å². The van der Waals surface area contributed by atoms with Crippen molar-refractivity contribution in [1.29, 1.82) is 0 Å². The molecule has 0 aliphatic carbocycles. The first-order valence-corrected chi connectivity index (χ1v) is 3.76. The van der Waals surface area contributed by atoms with Crippen LogP contribution in [0.25, 0.3) is 0 Å². The Morgan fingerprint density at radius 2 is 2.21 bits per heavy atom. The van der Waals surface area contributed by atoms with Crippen molar-refractivity contribution in [3.63, 3.8) is 0 Å². The van der Waals surface area contributed by atoms with E-state index < -0.39 is 11.8 Å². The normalized spacial score (nSPS) is 9.21. The van der Waals surface area contributed by atoms with E-state index in [2.05, 4.69) is 11.3 Å². The summed E-state index contributed by atoms with van der Waals surface area (Å²) in [5.74, 6) is -1.37. The van der Waals surface area contributed by atoms with E-state index in [0.29, 0.717) is 6.29 Å². The summed E-state index contributed by atoms with van der Waals surface area (Å²) in [6.45, 7) is 3.19. The van der Waals surface area contributed by atoms with E-state index in [-0.39, 0.29) is 11.3 Å². The fourth-order valence-corrected chi connectivity index (χ4v) is 0.825. The quantitative estimate of drug-likeness (QED) is 0.318. The molecule has 0 aliphatic heterocycles. The van der Waals surface area contributed by atoms with Gasteiger partial charge < -0.3 is 4.74 Å². The fourth-order valence-electron chi connectivity index (χ4n) is 0.825. The van der Waals surface area contributed by atoms with Crippen LogP contribution < -0.4 is 4.74 Å². The van der Waals surface area contributed by atoms with E-state index in [1.165, 1.54) is 12.1 Å². The Bertz CT molecular complexity index is 385. The summed E-state index contributed by atoms with van der Waals surface area (Å²) in [5, 5.41) is 0. The molecule has 0 fully saturated rings. The topological polar surface area (TPSA) is 43.4 Å². The van der Waals surface area contributed by atoms with Crippen molar-refractivity contribution >= 4 is 12.3 Å². The second-order valence-corrected chi connectivity index (χ2v) is 2.43. The Hall–Kier alpha value is -1.97. The number of carbonyl (C=O) groups is 2. The molecule has 0 heterocycles. The Morgan fingerprint density at radius 1 is 1.50 bits per heavy atom. The number of carbonyl (C=O) groups excluding carboxylic acids is 2. The molecule has 14 heavy (non-hydrogen) atoms. The SMILES string of the molecule is C=CC(=O)Oc1ccc(C=O)c(F)c1. The van der Waals surface area contributed by atoms with Gasteiger partial charge in [0.2, 0.25) is 0 Å². The standard InChI is InChI=1S/C10H7FO3/c1-2-10(13)14-8-4-3-7(6-12)9(11)5-8/h2-6H,1H2. The van der Waals surface area contributed by atoms with Gasteiger partial charge in [0.15, 0.2) is 6.29 Å². The van der Waals surface area contributed by atoms with E-state index in [4.69, 9.17) is 0 Å². The van der Waals surface area contributed by atoms with Gasteiger partial charge in [0, 0.05) is 12.1 Å². The summed E-state index contributed by atoms with van der Waals surface area (Å²) in [5.41, 5.74) is -0.0802. The van der Waals surface area contributed by atoms with Crippen molar-refractivity contribution < 1.29 is 18.7 Å². The molecule has 72 valence electrons. The molecule has 0 radical (unpaired) electrons. The highest BCUT2D eigenvalue weighted by Gasteiger charge is 2.05. The molecule has 1 rings (SSSR count). The molecule has 1 aromatic rings. The number of esters is 1. The first-order chi connectivity index (χ1) is 6.67. The summed E-state index contributed by atoms with van der Waals surface area (Å²) >= 11 is 0. The van der Waals surface area contributed by atoms with Gasteiger partial charge in [-0.1, -0.05) is 6.58 Å². The van der Waals surface area contributed by atoms with E-state index >= 15 is 0 Å². The minimum atomic E-state index is -0.727. The van der Waals surface area contributed by atoms with E-state index in [1.54, 1.807) is 0 Å². The molecule has 0 saturated carbocycles. The molecule has 0 aliphatic rings. The number of ether oxygens (including phenoxy) is 1. The van der Waals surface area contributed by atoms with Crippen LogP contribution in [0.2, 0.25) is 0 Å². The first-order valence-electron chi connectivity index (χ1n) is 3.76. The molecular weight excluding hydrogens is 187 g/mol. The maximum Gasteiger partial charge on any atom is 0.335 e. The molecule has 0 unspecified atom stereocenters. The van der Waals surface area contributed by atoms with Gasteiger partial charge in [-0.25, -0.2) is 9.18 Å². The van der Waals surface area contributed by atoms with Crippen LogP contribution in [0.3, 0.4) is 0 Å². The number of rotatable bonds is 3. The lowest BCUT2D eigenvalue weighted by molar-refractivity contribution is -0.128. The molecule has 0 amide bonds. The summed E-state index contributed by atoms with van der Waals surface area (Å²) in [6, 6.07) is 3.52. The average molecular weight is 194 g/mol. The third kappa shape index (κ3) is 2.26. The van der Waals surface area contributed by atoms with Crippen molar-refractivity contribution in [2.45, 2.75) is 0 Å². The van der Waals surface area contributed by atoms with Gasteiger partial charge in [-0.3, -0.25) is 4.79 Å². The smallest absolute Gasteiger partial charge is 0.335 e. The predicted octanol–water partition coefficient (Wildman–Crippen LogP) is 1.73. The minimum Gasteiger partial charge on any atom is -0.423 e. The molecule has 0 N–H and O–H groups in total. The average Bonchev–Trinajstić information content (AvgIpc) is 2.18. The number of benzene rings is 1. The molecule has 1 aromatic carbocycles. The summed E-state index contributed by atoms with van der Waals surface area (Å²) in [7, 11) is 0. The maximum absolute atomic E-state index is 13.0. The van der Waals surface area contributed by atoms with Gasteiger partial charge in [-0.05, 0) is 12.1 Å². The van der Waals surface area contributed by atoms with Crippen LogP contribution in [0, 0.1) is 5.82 Å². The third-order valence-corrected chi connectivity index (χ3v) is 1.48. The lowest BCUT2D eigenvalue weighted by atomic mass is 10.2. The molecule has 3 nitrogen and oxygen atoms in total. The highest BCUT2D eigenvalue weighted by atomic mass is 19.1. The minimum absolute atomic E-state index is 0.0398. The van der Waals surface area contributed by atoms with Crippen LogP contribution in [0.5, 0.6) is 5.75 Å².